The zero-order valence-electron chi connectivity index (χ0n) is 19.1. The number of nitrogens with one attached hydrogen (secondary N) is 2. The van der Waals surface area contributed by atoms with Gasteiger partial charge in [-0.15, -0.1) is 11.3 Å². The molecule has 0 saturated heterocycles. The van der Waals surface area contributed by atoms with E-state index in [-0.39, 0.29) is 11.4 Å². The van der Waals surface area contributed by atoms with E-state index in [0.717, 1.165) is 40.1 Å². The summed E-state index contributed by atoms with van der Waals surface area (Å²) in [5.41, 5.74) is 3.80. The summed E-state index contributed by atoms with van der Waals surface area (Å²) < 4.78 is 6.29. The van der Waals surface area contributed by atoms with Crippen LogP contribution in [-0.2, 0) is 21.4 Å². The number of para-hydroxylation sites is 1. The molecule has 0 spiro atoms. The number of hydrogen-bond acceptors (Lipinski definition) is 8. The van der Waals surface area contributed by atoms with Crippen LogP contribution in [0.25, 0.3) is 10.2 Å². The highest BCUT2D eigenvalue weighted by molar-refractivity contribution is 7.22. The van der Waals surface area contributed by atoms with E-state index in [1.807, 2.05) is 44.4 Å². The number of rotatable bonds is 10. The van der Waals surface area contributed by atoms with E-state index in [0.29, 0.717) is 13.0 Å². The van der Waals surface area contributed by atoms with Crippen molar-refractivity contribution in [3.63, 3.8) is 0 Å². The van der Waals surface area contributed by atoms with Gasteiger partial charge in [0.2, 0.25) is 0 Å². The number of carbonyl (C=O) groups excluding carboxylic acids is 1. The van der Waals surface area contributed by atoms with Crippen molar-refractivity contribution in [3.8, 4) is 0 Å². The molecule has 172 valence electrons. The van der Waals surface area contributed by atoms with E-state index in [2.05, 4.69) is 45.9 Å². The van der Waals surface area contributed by atoms with Crippen LogP contribution >= 0.6 is 22.7 Å². The van der Waals surface area contributed by atoms with Crippen LogP contribution in [0.15, 0.2) is 53.9 Å². The van der Waals surface area contributed by atoms with E-state index < -0.39 is 0 Å². The lowest BCUT2D eigenvalue weighted by atomic mass is 9.86. The molecule has 4 aromatic rings. The summed E-state index contributed by atoms with van der Waals surface area (Å²) in [5.74, 6) is -0.196. The van der Waals surface area contributed by atoms with E-state index in [4.69, 9.17) is 9.72 Å². The average Bonchev–Trinajstić information content (AvgIpc) is 3.42. The number of thiazole rings is 2. The molecule has 0 amide bonds. The van der Waals surface area contributed by atoms with Crippen molar-refractivity contribution < 1.29 is 9.53 Å². The molecular weight excluding hydrogens is 452 g/mol. The summed E-state index contributed by atoms with van der Waals surface area (Å²) in [6, 6.07) is 16.6. The Kier molecular flexibility index (Phi) is 7.25. The van der Waals surface area contributed by atoms with Gasteiger partial charge in [0.15, 0.2) is 10.3 Å². The van der Waals surface area contributed by atoms with Crippen LogP contribution < -0.4 is 10.6 Å². The summed E-state index contributed by atoms with van der Waals surface area (Å²) in [6.45, 7) is 7.07. The Morgan fingerprint density at radius 1 is 1.06 bits per heavy atom. The van der Waals surface area contributed by atoms with Gasteiger partial charge in [0.1, 0.15) is 0 Å². The summed E-state index contributed by atoms with van der Waals surface area (Å²) in [6.07, 6.45) is 1.23. The monoisotopic (exact) mass is 480 g/mol. The molecule has 2 aromatic heterocycles. The second kappa shape index (κ2) is 10.3. The molecule has 0 unspecified atom stereocenters. The van der Waals surface area contributed by atoms with Crippen molar-refractivity contribution in [1.29, 1.82) is 0 Å². The molecule has 2 N–H and O–H groups in total. The predicted molar refractivity (Wildman–Crippen MR) is 138 cm³/mol. The fraction of sp³-hybridized carbons (Fsp3) is 0.320. The Hall–Kier alpha value is -2.97. The summed E-state index contributed by atoms with van der Waals surface area (Å²) in [5, 5.41) is 10.6. The van der Waals surface area contributed by atoms with Crippen LogP contribution in [0.1, 0.15) is 38.4 Å². The Morgan fingerprint density at radius 3 is 2.61 bits per heavy atom. The van der Waals surface area contributed by atoms with Gasteiger partial charge in [0, 0.05) is 23.0 Å². The number of fused-ring (bicyclic) bond motifs is 1. The minimum Gasteiger partial charge on any atom is -0.466 e. The first-order valence-corrected chi connectivity index (χ1v) is 12.7. The highest BCUT2D eigenvalue weighted by Gasteiger charge is 2.27. The molecule has 4 rings (SSSR count). The topological polar surface area (TPSA) is 76.1 Å². The van der Waals surface area contributed by atoms with Gasteiger partial charge in [-0.3, -0.25) is 4.79 Å². The maximum atomic E-state index is 11.9. The third-order valence-corrected chi connectivity index (χ3v) is 7.03. The highest BCUT2D eigenvalue weighted by atomic mass is 32.1. The first-order valence-electron chi connectivity index (χ1n) is 11.0. The zero-order valence-corrected chi connectivity index (χ0v) is 20.7. The second-order valence-corrected chi connectivity index (χ2v) is 10.3. The van der Waals surface area contributed by atoms with Crippen LogP contribution in [-0.4, -0.2) is 29.1 Å². The fourth-order valence-electron chi connectivity index (χ4n) is 3.45. The highest BCUT2D eigenvalue weighted by Crippen LogP contribution is 2.31. The molecule has 6 nitrogen and oxygen atoms in total. The summed E-state index contributed by atoms with van der Waals surface area (Å²) >= 11 is 3.22. The van der Waals surface area contributed by atoms with E-state index >= 15 is 0 Å². The fourth-order valence-corrected chi connectivity index (χ4v) is 5.26. The van der Waals surface area contributed by atoms with Gasteiger partial charge in [0.25, 0.3) is 0 Å². The maximum absolute atomic E-state index is 11.9. The first kappa shape index (κ1) is 23.2. The molecule has 33 heavy (non-hydrogen) atoms. The van der Waals surface area contributed by atoms with Crippen molar-refractivity contribution >= 4 is 54.8 Å². The molecular formula is C25H28N4O2S2. The molecule has 0 aliphatic heterocycles. The molecule has 0 aliphatic carbocycles. The molecule has 0 saturated carbocycles. The van der Waals surface area contributed by atoms with Gasteiger partial charge in [0.05, 0.1) is 28.9 Å². The zero-order chi connectivity index (χ0) is 23.3. The van der Waals surface area contributed by atoms with Crippen LogP contribution in [0.4, 0.5) is 16.0 Å². The molecule has 0 radical (unpaired) electrons. The van der Waals surface area contributed by atoms with Gasteiger partial charge >= 0.3 is 5.97 Å². The van der Waals surface area contributed by atoms with Gasteiger partial charge < -0.3 is 15.4 Å². The number of anilines is 3. The van der Waals surface area contributed by atoms with Crippen LogP contribution in [0.3, 0.4) is 0 Å². The molecule has 2 heterocycles. The average molecular weight is 481 g/mol. The van der Waals surface area contributed by atoms with Gasteiger partial charge in [-0.25, -0.2) is 9.97 Å². The third kappa shape index (κ3) is 6.09. The largest absolute Gasteiger partial charge is 0.466 e. The second-order valence-electron chi connectivity index (χ2n) is 8.39. The van der Waals surface area contributed by atoms with Crippen LogP contribution in [0.5, 0.6) is 0 Å². The van der Waals surface area contributed by atoms with Crippen molar-refractivity contribution in [2.75, 3.05) is 23.8 Å². The normalized spacial score (nSPS) is 11.5. The van der Waals surface area contributed by atoms with E-state index in [9.17, 15) is 4.79 Å². The number of ether oxygens (including phenoxy) is 1. The third-order valence-electron chi connectivity index (χ3n) is 5.28. The Balaban J connectivity index is 1.29. The number of benzene rings is 2. The van der Waals surface area contributed by atoms with Crippen molar-refractivity contribution in [2.45, 2.75) is 39.0 Å². The molecule has 0 atom stereocenters. The van der Waals surface area contributed by atoms with Crippen molar-refractivity contribution in [3.05, 3.63) is 65.2 Å². The standard InChI is InChI=1S/C25H28N4O2S2/c1-4-31-22(30)15-25(2,3)21-16-32-24(29-21)27-18-11-9-17(10-12-18)13-14-26-23-28-19-7-5-6-8-20(19)33-23/h5-12,16H,4,13-15H2,1-3H3,(H,26,28)(H,27,29). The lowest BCUT2D eigenvalue weighted by Gasteiger charge is -2.20. The van der Waals surface area contributed by atoms with Gasteiger partial charge in [-0.2, -0.15) is 0 Å². The number of nitrogens with zero attached hydrogens (tertiary/aromatic N) is 2. The van der Waals surface area contributed by atoms with E-state index in [1.54, 1.807) is 11.3 Å². The van der Waals surface area contributed by atoms with Crippen LogP contribution in [0.2, 0.25) is 0 Å². The smallest absolute Gasteiger partial charge is 0.306 e. The van der Waals surface area contributed by atoms with Crippen molar-refractivity contribution in [2.24, 2.45) is 0 Å². The SMILES string of the molecule is CCOC(=O)CC(C)(C)c1csc(Nc2ccc(CCNc3nc4ccccc4s3)cc2)n1. The molecule has 0 aliphatic rings. The van der Waals surface area contributed by atoms with Gasteiger partial charge in [-0.05, 0) is 43.2 Å². The number of carbonyl (C=O) groups is 1. The number of hydrogen-bond donors (Lipinski definition) is 2. The van der Waals surface area contributed by atoms with E-state index in [1.165, 1.54) is 21.6 Å². The Bertz CT molecular complexity index is 1180. The summed E-state index contributed by atoms with van der Waals surface area (Å²) in [7, 11) is 0. The quantitative estimate of drug-likeness (QED) is 0.256. The van der Waals surface area contributed by atoms with Crippen molar-refractivity contribution in [1.82, 2.24) is 9.97 Å². The van der Waals surface area contributed by atoms with Crippen LogP contribution in [0, 0.1) is 0 Å². The number of esters is 1. The maximum Gasteiger partial charge on any atom is 0.306 e. The Labute approximate surface area is 202 Å². The minimum absolute atomic E-state index is 0.196. The van der Waals surface area contributed by atoms with Gasteiger partial charge in [-0.1, -0.05) is 49.4 Å². The number of aromatic nitrogens is 2. The molecule has 8 heteroatoms. The molecule has 0 bridgehead atoms. The molecule has 2 aromatic carbocycles. The minimum atomic E-state index is -0.372. The lowest BCUT2D eigenvalue weighted by Crippen LogP contribution is -2.23. The summed E-state index contributed by atoms with van der Waals surface area (Å²) in [4.78, 5) is 21.2. The first-order chi connectivity index (χ1) is 15.9. The lowest BCUT2D eigenvalue weighted by molar-refractivity contribution is -0.144. The molecule has 0 fully saturated rings. The Morgan fingerprint density at radius 2 is 1.85 bits per heavy atom. The predicted octanol–water partition coefficient (Wildman–Crippen LogP) is 6.38.